The molecule has 0 saturated carbocycles. The predicted octanol–water partition coefficient (Wildman–Crippen LogP) is 10.7. The number of hydrogen-bond donors (Lipinski definition) is 0. The maximum Gasteiger partial charge on any atom is 0.162 e. The molecule has 5 aromatic carbocycles. The Bertz CT molecular complexity index is 2680. The molecule has 0 radical (unpaired) electrons. The molecule has 0 unspecified atom stereocenters. The molecule has 8 nitrogen and oxygen atoms in total. The smallest absolute Gasteiger partial charge is 0.162 e. The van der Waals surface area contributed by atoms with E-state index in [1.165, 1.54) is 5.56 Å². The number of ether oxygens (including phenoxy) is 1. The van der Waals surface area contributed by atoms with Crippen LogP contribution in [0.1, 0.15) is 31.9 Å². The van der Waals surface area contributed by atoms with Gasteiger partial charge in [-0.1, -0.05) is 99.1 Å². The molecule has 8 aromatic rings. The molecule has 0 spiro atoms. The molecule has 0 saturated heterocycles. The van der Waals surface area contributed by atoms with Crippen molar-refractivity contribution in [3.63, 3.8) is 0 Å². The third kappa shape index (κ3) is 7.09. The summed E-state index contributed by atoms with van der Waals surface area (Å²) in [5.41, 5.74) is 7.38. The number of pyridine rings is 1. The van der Waals surface area contributed by atoms with Crippen molar-refractivity contribution in [2.45, 2.75) is 33.1 Å². The Hall–Kier alpha value is -6.11. The normalized spacial score (nSPS) is 12.7. The van der Waals surface area contributed by atoms with E-state index in [0.717, 1.165) is 50.0 Å². The second kappa shape index (κ2) is 14.9. The van der Waals surface area contributed by atoms with Gasteiger partial charge in [-0.15, -0.1) is 41.4 Å². The Morgan fingerprint density at radius 1 is 0.696 bits per heavy atom. The van der Waals surface area contributed by atoms with Crippen LogP contribution in [0.25, 0.3) is 61.8 Å². The molecule has 0 bridgehead atoms. The minimum absolute atomic E-state index is 0. The van der Waals surface area contributed by atoms with E-state index < -0.39 is 0 Å². The molecular formula is C47H38N7OPt-3. The van der Waals surface area contributed by atoms with Gasteiger partial charge in [-0.3, -0.25) is 0 Å². The number of anilines is 1. The molecule has 3 aromatic heterocycles. The van der Waals surface area contributed by atoms with Crippen molar-refractivity contribution in [2.24, 2.45) is 0 Å². The van der Waals surface area contributed by atoms with Crippen LogP contribution in [0, 0.1) is 25.7 Å². The SMILES string of the molecule is Cc1ccnc(-n2c3[c-]c(Oc4[c-]c(N5C=CN(C)[CH-]5)ccc4)c(-c4nc(-c5ccccc5)nc(-c5ccccc5)n4)cc3c3cc(C(C)(C)C)ccc32)c1.[Pt]. The van der Waals surface area contributed by atoms with Gasteiger partial charge in [0.2, 0.25) is 0 Å². The fourth-order valence-corrected chi connectivity index (χ4v) is 6.84. The maximum atomic E-state index is 6.86. The standard InChI is InChI=1S/C47H38N7O.Pt/c1-31-21-22-48-43(25-31)54-40-20-19-34(47(2,3)4)26-37(40)38-28-39(42(29-41(38)54)55-36-18-12-17-35(27-36)53-24-23-52(5)30-53)46-50-44(32-13-8-6-9-14-32)49-45(51-46)33-15-10-7-11-16-33;/h6-26,28,30H,1-5H3;/q-3;. The Kier molecular flexibility index (Phi) is 9.77. The fraction of sp³-hybridized carbons (Fsp3) is 0.128. The van der Waals surface area contributed by atoms with Gasteiger partial charge >= 0.3 is 0 Å². The quantitative estimate of drug-likeness (QED) is 0.148. The summed E-state index contributed by atoms with van der Waals surface area (Å²) in [6.07, 6.45) is 5.82. The largest absolute Gasteiger partial charge is 0.510 e. The molecule has 1 aliphatic heterocycles. The van der Waals surface area contributed by atoms with Crippen LogP contribution >= 0.6 is 0 Å². The van der Waals surface area contributed by atoms with Crippen molar-refractivity contribution < 1.29 is 25.8 Å². The van der Waals surface area contributed by atoms with E-state index in [2.05, 4.69) is 74.7 Å². The van der Waals surface area contributed by atoms with E-state index >= 15 is 0 Å². The predicted molar refractivity (Wildman–Crippen MR) is 220 cm³/mol. The van der Waals surface area contributed by atoms with Crippen molar-refractivity contribution in [1.29, 1.82) is 0 Å². The molecule has 9 heteroatoms. The summed E-state index contributed by atoms with van der Waals surface area (Å²) in [4.78, 5) is 24.1. The van der Waals surface area contributed by atoms with Crippen molar-refractivity contribution in [2.75, 3.05) is 11.9 Å². The Morgan fingerprint density at radius 3 is 2.04 bits per heavy atom. The van der Waals surface area contributed by atoms with Gasteiger partial charge in [0.1, 0.15) is 11.6 Å². The van der Waals surface area contributed by atoms with Gasteiger partial charge in [-0.05, 0) is 72.1 Å². The summed E-state index contributed by atoms with van der Waals surface area (Å²) < 4.78 is 9.02. The topological polar surface area (TPSA) is 72.2 Å². The molecule has 280 valence electrons. The third-order valence-corrected chi connectivity index (χ3v) is 9.72. The van der Waals surface area contributed by atoms with Gasteiger partial charge in [0.05, 0.1) is 0 Å². The second-order valence-electron chi connectivity index (χ2n) is 14.8. The summed E-state index contributed by atoms with van der Waals surface area (Å²) in [6.45, 7) is 10.8. The molecule has 9 rings (SSSR count). The Balaban J connectivity index is 0.00000441. The average Bonchev–Trinajstić information content (AvgIpc) is 3.78. The first kappa shape index (κ1) is 36.8. The molecule has 1 aliphatic rings. The van der Waals surface area contributed by atoms with Gasteiger partial charge in [0.25, 0.3) is 0 Å². The van der Waals surface area contributed by atoms with Crippen LogP contribution in [0.15, 0.2) is 134 Å². The zero-order valence-electron chi connectivity index (χ0n) is 31.6. The molecule has 0 atom stereocenters. The van der Waals surface area contributed by atoms with Crippen LogP contribution in [-0.4, -0.2) is 36.5 Å². The molecule has 4 heterocycles. The van der Waals surface area contributed by atoms with Gasteiger partial charge in [0, 0.05) is 55.4 Å². The minimum Gasteiger partial charge on any atom is -0.510 e. The molecule has 0 amide bonds. The van der Waals surface area contributed by atoms with E-state index in [1.54, 1.807) is 0 Å². The molecule has 56 heavy (non-hydrogen) atoms. The van der Waals surface area contributed by atoms with Crippen molar-refractivity contribution in [3.05, 3.63) is 164 Å². The van der Waals surface area contributed by atoms with E-state index in [0.29, 0.717) is 34.5 Å². The maximum absolute atomic E-state index is 6.86. The van der Waals surface area contributed by atoms with Crippen molar-refractivity contribution >= 4 is 27.5 Å². The first-order chi connectivity index (χ1) is 26.7. The zero-order valence-corrected chi connectivity index (χ0v) is 33.9. The van der Waals surface area contributed by atoms with Crippen molar-refractivity contribution in [1.82, 2.24) is 29.4 Å². The molecule has 0 aliphatic carbocycles. The Labute approximate surface area is 341 Å². The molecule has 0 N–H and O–H groups in total. The van der Waals surface area contributed by atoms with Crippen LogP contribution in [0.3, 0.4) is 0 Å². The molecular weight excluding hydrogens is 874 g/mol. The third-order valence-electron chi connectivity index (χ3n) is 9.72. The number of rotatable bonds is 7. The van der Waals surface area contributed by atoms with E-state index in [-0.39, 0.29) is 26.5 Å². The zero-order chi connectivity index (χ0) is 37.7. The van der Waals surface area contributed by atoms with Crippen LogP contribution in [0.5, 0.6) is 11.5 Å². The van der Waals surface area contributed by atoms with Gasteiger partial charge in [-0.25, -0.2) is 19.9 Å². The Morgan fingerprint density at radius 2 is 1.39 bits per heavy atom. The number of fused-ring (bicyclic) bond motifs is 3. The monoisotopic (exact) mass is 911 g/mol. The summed E-state index contributed by atoms with van der Waals surface area (Å²) in [5.74, 6) is 3.37. The summed E-state index contributed by atoms with van der Waals surface area (Å²) in [6, 6.07) is 46.0. The van der Waals surface area contributed by atoms with E-state index in [9.17, 15) is 0 Å². The number of hydrogen-bond acceptors (Lipinski definition) is 7. The van der Waals surface area contributed by atoms with Crippen LogP contribution < -0.4 is 9.64 Å². The van der Waals surface area contributed by atoms with E-state index in [1.807, 2.05) is 127 Å². The van der Waals surface area contributed by atoms with Gasteiger partial charge < -0.3 is 19.1 Å². The number of nitrogens with zero attached hydrogens (tertiary/aromatic N) is 7. The van der Waals surface area contributed by atoms with Crippen LogP contribution in [-0.2, 0) is 26.5 Å². The minimum atomic E-state index is -0.0687. The van der Waals surface area contributed by atoms with E-state index in [4.69, 9.17) is 24.7 Å². The average molecular weight is 912 g/mol. The first-order valence-corrected chi connectivity index (χ1v) is 18.3. The van der Waals surface area contributed by atoms with Crippen LogP contribution in [0.2, 0.25) is 0 Å². The van der Waals surface area contributed by atoms with Gasteiger partial charge in [-0.2, -0.15) is 12.7 Å². The van der Waals surface area contributed by atoms with Gasteiger partial charge in [0.15, 0.2) is 11.6 Å². The summed E-state index contributed by atoms with van der Waals surface area (Å²) in [7, 11) is 1.99. The summed E-state index contributed by atoms with van der Waals surface area (Å²) in [5, 5.41) is 2.05. The number of benzene rings is 5. The fourth-order valence-electron chi connectivity index (χ4n) is 6.84. The van der Waals surface area contributed by atoms with Crippen LogP contribution in [0.4, 0.5) is 5.69 Å². The number of aryl methyl sites for hydroxylation is 1. The second-order valence-corrected chi connectivity index (χ2v) is 14.8. The summed E-state index contributed by atoms with van der Waals surface area (Å²) >= 11 is 0. The molecule has 0 fully saturated rings. The van der Waals surface area contributed by atoms with Crippen molar-refractivity contribution in [3.8, 4) is 51.5 Å². The first-order valence-electron chi connectivity index (χ1n) is 18.3. The number of aromatic nitrogens is 5.